The smallest absolute Gasteiger partial charge is 0.233 e. The van der Waals surface area contributed by atoms with Gasteiger partial charge in [-0.15, -0.1) is 0 Å². The van der Waals surface area contributed by atoms with Crippen molar-refractivity contribution in [1.29, 1.82) is 0 Å². The minimum atomic E-state index is 0.140. The highest BCUT2D eigenvalue weighted by molar-refractivity contribution is 5.77. The van der Waals surface area contributed by atoms with Crippen molar-refractivity contribution in [2.75, 3.05) is 13.1 Å². The van der Waals surface area contributed by atoms with Crippen LogP contribution in [0.2, 0.25) is 0 Å². The molecule has 0 saturated heterocycles. The van der Waals surface area contributed by atoms with Crippen LogP contribution in [0.5, 0.6) is 0 Å². The molecule has 1 aliphatic carbocycles. The van der Waals surface area contributed by atoms with Crippen LogP contribution >= 0.6 is 0 Å². The lowest BCUT2D eigenvalue weighted by molar-refractivity contribution is -0.120. The molecule has 3 atom stereocenters. The first kappa shape index (κ1) is 15.5. The zero-order valence-electron chi connectivity index (χ0n) is 12.5. The van der Waals surface area contributed by atoms with Crippen molar-refractivity contribution in [3.63, 3.8) is 0 Å². The van der Waals surface area contributed by atoms with Crippen molar-refractivity contribution in [1.82, 2.24) is 10.6 Å². The highest BCUT2D eigenvalue weighted by atomic mass is 16.1. The molecule has 3 unspecified atom stereocenters. The van der Waals surface area contributed by atoms with Gasteiger partial charge in [-0.1, -0.05) is 40.5 Å². The quantitative estimate of drug-likeness (QED) is 0.765. The van der Waals surface area contributed by atoms with E-state index >= 15 is 0 Å². The third kappa shape index (κ3) is 5.38. The molecule has 18 heavy (non-hydrogen) atoms. The number of rotatable bonds is 6. The highest BCUT2D eigenvalue weighted by Crippen LogP contribution is 2.29. The van der Waals surface area contributed by atoms with Crippen molar-refractivity contribution >= 4 is 5.91 Å². The van der Waals surface area contributed by atoms with Crippen LogP contribution in [0.1, 0.15) is 53.4 Å². The molecular weight excluding hydrogens is 224 g/mol. The topological polar surface area (TPSA) is 41.1 Å². The van der Waals surface area contributed by atoms with E-state index in [4.69, 9.17) is 0 Å². The normalized spacial score (nSPS) is 28.4. The van der Waals surface area contributed by atoms with Crippen LogP contribution in [0.15, 0.2) is 0 Å². The summed E-state index contributed by atoms with van der Waals surface area (Å²) in [6.07, 6.45) is 4.89. The van der Waals surface area contributed by atoms with Crippen LogP contribution in [0.25, 0.3) is 0 Å². The second-order valence-corrected chi connectivity index (χ2v) is 6.29. The first-order chi connectivity index (χ1) is 8.50. The SMILES string of the molecule is CC(C)CCNC(=O)CNC1CCCC(C)C1C. The number of carbonyl (C=O) groups excluding carboxylic acids is 1. The van der Waals surface area contributed by atoms with Crippen LogP contribution in [0.4, 0.5) is 0 Å². The van der Waals surface area contributed by atoms with Gasteiger partial charge < -0.3 is 10.6 Å². The third-order valence-electron chi connectivity index (χ3n) is 4.28. The maximum Gasteiger partial charge on any atom is 0.233 e. The summed E-state index contributed by atoms with van der Waals surface area (Å²) in [6.45, 7) is 10.2. The second kappa shape index (κ2) is 7.78. The molecule has 0 aromatic rings. The molecule has 0 spiro atoms. The Kier molecular flexibility index (Phi) is 6.69. The fourth-order valence-corrected chi connectivity index (χ4v) is 2.66. The molecule has 2 N–H and O–H groups in total. The maximum absolute atomic E-state index is 11.7. The van der Waals surface area contributed by atoms with Gasteiger partial charge in [0.15, 0.2) is 0 Å². The predicted molar refractivity (Wildman–Crippen MR) is 76.4 cm³/mol. The molecule has 0 aromatic carbocycles. The Bertz CT molecular complexity index is 253. The standard InChI is InChI=1S/C15H30N2O/c1-11(2)8-9-16-15(18)10-17-14-7-5-6-12(3)13(14)4/h11-14,17H,5-10H2,1-4H3,(H,16,18). The largest absolute Gasteiger partial charge is 0.355 e. The number of carbonyl (C=O) groups is 1. The molecule has 1 saturated carbocycles. The van der Waals surface area contributed by atoms with Crippen LogP contribution in [0, 0.1) is 17.8 Å². The summed E-state index contributed by atoms with van der Waals surface area (Å²) in [4.78, 5) is 11.7. The fourth-order valence-electron chi connectivity index (χ4n) is 2.66. The van der Waals surface area contributed by atoms with Crippen molar-refractivity contribution in [3.05, 3.63) is 0 Å². The van der Waals surface area contributed by atoms with Gasteiger partial charge in [-0.25, -0.2) is 0 Å². The molecule has 0 bridgehead atoms. The van der Waals surface area contributed by atoms with Crippen molar-refractivity contribution in [2.24, 2.45) is 17.8 Å². The molecule has 0 radical (unpaired) electrons. The van der Waals surface area contributed by atoms with Crippen molar-refractivity contribution in [2.45, 2.75) is 59.4 Å². The number of hydrogen-bond donors (Lipinski definition) is 2. The fraction of sp³-hybridized carbons (Fsp3) is 0.933. The Labute approximate surface area is 112 Å². The lowest BCUT2D eigenvalue weighted by Crippen LogP contribution is -2.45. The van der Waals surface area contributed by atoms with Gasteiger partial charge in [0.25, 0.3) is 0 Å². The molecule has 0 aliphatic heterocycles. The molecule has 0 aromatic heterocycles. The van der Waals surface area contributed by atoms with Crippen LogP contribution in [0.3, 0.4) is 0 Å². The molecular formula is C15H30N2O. The summed E-state index contributed by atoms with van der Waals surface area (Å²) in [5.74, 6) is 2.25. The van der Waals surface area contributed by atoms with Gasteiger partial charge in [0.1, 0.15) is 0 Å². The Balaban J connectivity index is 2.17. The van der Waals surface area contributed by atoms with E-state index in [2.05, 4.69) is 38.3 Å². The van der Waals surface area contributed by atoms with Gasteiger partial charge in [-0.3, -0.25) is 4.79 Å². The summed E-state index contributed by atoms with van der Waals surface area (Å²) in [5, 5.41) is 6.41. The van der Waals surface area contributed by atoms with E-state index in [1.807, 2.05) is 0 Å². The van der Waals surface area contributed by atoms with Gasteiger partial charge in [-0.05, 0) is 30.6 Å². The van der Waals surface area contributed by atoms with Crippen molar-refractivity contribution < 1.29 is 4.79 Å². The lowest BCUT2D eigenvalue weighted by Gasteiger charge is -2.34. The Morgan fingerprint density at radius 3 is 2.67 bits per heavy atom. The van der Waals surface area contributed by atoms with Gasteiger partial charge in [-0.2, -0.15) is 0 Å². The predicted octanol–water partition coefficient (Wildman–Crippen LogP) is 2.56. The molecule has 1 rings (SSSR count). The van der Waals surface area contributed by atoms with E-state index in [-0.39, 0.29) is 5.91 Å². The molecule has 1 fully saturated rings. The summed E-state index contributed by atoms with van der Waals surface area (Å²) in [5.41, 5.74) is 0. The first-order valence-electron chi connectivity index (χ1n) is 7.50. The molecule has 1 aliphatic rings. The molecule has 0 heterocycles. The third-order valence-corrected chi connectivity index (χ3v) is 4.28. The Morgan fingerprint density at radius 1 is 1.28 bits per heavy atom. The summed E-state index contributed by atoms with van der Waals surface area (Å²) >= 11 is 0. The van der Waals surface area contributed by atoms with Gasteiger partial charge in [0, 0.05) is 12.6 Å². The van der Waals surface area contributed by atoms with Gasteiger partial charge >= 0.3 is 0 Å². The van der Waals surface area contributed by atoms with E-state index in [9.17, 15) is 4.79 Å². The minimum Gasteiger partial charge on any atom is -0.355 e. The van der Waals surface area contributed by atoms with Gasteiger partial charge in [0.05, 0.1) is 6.54 Å². The Hall–Kier alpha value is -0.570. The monoisotopic (exact) mass is 254 g/mol. The summed E-state index contributed by atoms with van der Waals surface area (Å²) < 4.78 is 0. The second-order valence-electron chi connectivity index (χ2n) is 6.29. The van der Waals surface area contributed by atoms with Crippen LogP contribution in [-0.2, 0) is 4.79 Å². The van der Waals surface area contributed by atoms with E-state index in [1.165, 1.54) is 19.3 Å². The van der Waals surface area contributed by atoms with Gasteiger partial charge in [0.2, 0.25) is 5.91 Å². The number of amides is 1. The summed E-state index contributed by atoms with van der Waals surface area (Å²) in [6, 6.07) is 0.518. The highest BCUT2D eigenvalue weighted by Gasteiger charge is 2.26. The van der Waals surface area contributed by atoms with Crippen molar-refractivity contribution in [3.8, 4) is 0 Å². The lowest BCUT2D eigenvalue weighted by atomic mass is 9.78. The molecule has 1 amide bonds. The molecule has 106 valence electrons. The zero-order valence-corrected chi connectivity index (χ0v) is 12.5. The van der Waals surface area contributed by atoms with E-state index in [1.54, 1.807) is 0 Å². The van der Waals surface area contributed by atoms with E-state index < -0.39 is 0 Å². The molecule has 3 heteroatoms. The Morgan fingerprint density at radius 2 is 2.00 bits per heavy atom. The van der Waals surface area contributed by atoms with Crippen LogP contribution in [-0.4, -0.2) is 25.0 Å². The molecule has 3 nitrogen and oxygen atoms in total. The maximum atomic E-state index is 11.7. The minimum absolute atomic E-state index is 0.140. The van der Waals surface area contributed by atoms with E-state index in [0.717, 1.165) is 18.9 Å². The average molecular weight is 254 g/mol. The first-order valence-corrected chi connectivity index (χ1v) is 7.50. The van der Waals surface area contributed by atoms with Crippen LogP contribution < -0.4 is 10.6 Å². The number of nitrogens with one attached hydrogen (secondary N) is 2. The number of hydrogen-bond acceptors (Lipinski definition) is 2. The summed E-state index contributed by atoms with van der Waals surface area (Å²) in [7, 11) is 0. The van der Waals surface area contributed by atoms with E-state index in [0.29, 0.717) is 24.4 Å². The average Bonchev–Trinajstić information content (AvgIpc) is 2.30. The zero-order chi connectivity index (χ0) is 13.5.